The number of ketones is 1. The number of allylic oxidation sites excluding steroid dienone is 1. The Hall–Kier alpha value is -2.95. The van der Waals surface area contributed by atoms with Gasteiger partial charge in [0.2, 0.25) is 5.75 Å². The molecule has 0 saturated carbocycles. The number of carbonyl (C=O) groups excluding carboxylic acids is 1. The standard InChI is InChI=1S/C21H24O5/c1-5-14-26-16-9-6-15(7-10-16)8-12-18(22)17-11-13-19(23-2)21(25-4)20(17)24-3/h6-13H,5,14H2,1-4H3. The van der Waals surface area contributed by atoms with Crippen LogP contribution in [0.2, 0.25) is 0 Å². The van der Waals surface area contributed by atoms with Crippen molar-refractivity contribution in [3.05, 3.63) is 53.6 Å². The SMILES string of the molecule is CCCOc1ccc(C=CC(=O)c2ccc(OC)c(OC)c2OC)cc1. The first kappa shape index (κ1) is 19.4. The number of hydrogen-bond acceptors (Lipinski definition) is 5. The Balaban J connectivity index is 2.20. The van der Waals surface area contributed by atoms with Gasteiger partial charge in [0.1, 0.15) is 5.75 Å². The lowest BCUT2D eigenvalue weighted by molar-refractivity contribution is 0.104. The summed E-state index contributed by atoms with van der Waals surface area (Å²) in [5.41, 5.74) is 1.31. The molecule has 0 aliphatic rings. The molecular formula is C21H24O5. The molecule has 0 atom stereocenters. The van der Waals surface area contributed by atoms with E-state index in [1.807, 2.05) is 24.3 Å². The van der Waals surface area contributed by atoms with Gasteiger partial charge in [0.05, 0.1) is 33.5 Å². The van der Waals surface area contributed by atoms with Crippen LogP contribution in [0.3, 0.4) is 0 Å². The van der Waals surface area contributed by atoms with Gasteiger partial charge in [0.25, 0.3) is 0 Å². The van der Waals surface area contributed by atoms with Gasteiger partial charge in [-0.05, 0) is 42.3 Å². The Labute approximate surface area is 154 Å². The average Bonchev–Trinajstić information content (AvgIpc) is 2.69. The highest BCUT2D eigenvalue weighted by molar-refractivity contribution is 6.09. The van der Waals surface area contributed by atoms with Crippen molar-refractivity contribution in [2.45, 2.75) is 13.3 Å². The van der Waals surface area contributed by atoms with Crippen molar-refractivity contribution in [2.75, 3.05) is 27.9 Å². The van der Waals surface area contributed by atoms with Crippen LogP contribution in [0, 0.1) is 0 Å². The third-order valence-electron chi connectivity index (χ3n) is 3.75. The van der Waals surface area contributed by atoms with Gasteiger partial charge in [-0.15, -0.1) is 0 Å². The number of benzene rings is 2. The molecule has 0 aliphatic heterocycles. The molecule has 0 N–H and O–H groups in total. The van der Waals surface area contributed by atoms with Crippen LogP contribution in [0.5, 0.6) is 23.0 Å². The molecule has 0 fully saturated rings. The topological polar surface area (TPSA) is 54.0 Å². The van der Waals surface area contributed by atoms with Gasteiger partial charge in [0.15, 0.2) is 17.3 Å². The summed E-state index contributed by atoms with van der Waals surface area (Å²) in [5, 5.41) is 0. The Kier molecular flexibility index (Phi) is 7.09. The lowest BCUT2D eigenvalue weighted by Crippen LogP contribution is -2.02. The number of carbonyl (C=O) groups is 1. The van der Waals surface area contributed by atoms with Crippen LogP contribution in [-0.2, 0) is 0 Å². The maximum Gasteiger partial charge on any atom is 0.204 e. The van der Waals surface area contributed by atoms with E-state index in [9.17, 15) is 4.79 Å². The van der Waals surface area contributed by atoms with Gasteiger partial charge < -0.3 is 18.9 Å². The van der Waals surface area contributed by atoms with E-state index in [1.165, 1.54) is 27.4 Å². The number of rotatable bonds is 9. The van der Waals surface area contributed by atoms with Crippen LogP contribution in [-0.4, -0.2) is 33.7 Å². The summed E-state index contributed by atoms with van der Waals surface area (Å²) in [5.74, 6) is 1.88. The zero-order valence-corrected chi connectivity index (χ0v) is 15.6. The van der Waals surface area contributed by atoms with Crippen molar-refractivity contribution in [1.29, 1.82) is 0 Å². The molecule has 0 bridgehead atoms. The smallest absolute Gasteiger partial charge is 0.204 e. The largest absolute Gasteiger partial charge is 0.494 e. The summed E-state index contributed by atoms with van der Waals surface area (Å²) < 4.78 is 21.5. The van der Waals surface area contributed by atoms with Crippen molar-refractivity contribution >= 4 is 11.9 Å². The van der Waals surface area contributed by atoms with Gasteiger partial charge in [-0.3, -0.25) is 4.79 Å². The molecule has 5 nitrogen and oxygen atoms in total. The third-order valence-corrected chi connectivity index (χ3v) is 3.75. The molecule has 138 valence electrons. The van der Waals surface area contributed by atoms with Gasteiger partial charge in [-0.1, -0.05) is 25.1 Å². The van der Waals surface area contributed by atoms with Crippen molar-refractivity contribution < 1.29 is 23.7 Å². The van der Waals surface area contributed by atoms with Crippen molar-refractivity contribution in [1.82, 2.24) is 0 Å². The summed E-state index contributed by atoms with van der Waals surface area (Å²) in [7, 11) is 4.53. The first-order valence-corrected chi connectivity index (χ1v) is 8.38. The molecule has 2 rings (SSSR count). The predicted octanol–water partition coefficient (Wildman–Crippen LogP) is 4.40. The third kappa shape index (κ3) is 4.57. The minimum atomic E-state index is -0.186. The Morgan fingerprint density at radius 3 is 2.19 bits per heavy atom. The Morgan fingerprint density at radius 1 is 0.923 bits per heavy atom. The molecule has 5 heteroatoms. The van der Waals surface area contributed by atoms with E-state index < -0.39 is 0 Å². The zero-order valence-electron chi connectivity index (χ0n) is 15.6. The molecule has 2 aromatic rings. The molecule has 0 aliphatic carbocycles. The van der Waals surface area contributed by atoms with E-state index in [0.29, 0.717) is 29.4 Å². The zero-order chi connectivity index (χ0) is 18.9. The van der Waals surface area contributed by atoms with Crippen LogP contribution >= 0.6 is 0 Å². The molecule has 0 radical (unpaired) electrons. The number of ether oxygens (including phenoxy) is 4. The maximum atomic E-state index is 12.6. The minimum Gasteiger partial charge on any atom is -0.494 e. The van der Waals surface area contributed by atoms with E-state index >= 15 is 0 Å². The summed E-state index contributed by atoms with van der Waals surface area (Å²) in [4.78, 5) is 12.6. The molecular weight excluding hydrogens is 332 g/mol. The molecule has 2 aromatic carbocycles. The highest BCUT2D eigenvalue weighted by Crippen LogP contribution is 2.40. The van der Waals surface area contributed by atoms with E-state index in [2.05, 4.69) is 6.92 Å². The van der Waals surface area contributed by atoms with Gasteiger partial charge >= 0.3 is 0 Å². The highest BCUT2D eigenvalue weighted by Gasteiger charge is 2.19. The first-order valence-electron chi connectivity index (χ1n) is 8.38. The average molecular weight is 356 g/mol. The number of methoxy groups -OCH3 is 3. The van der Waals surface area contributed by atoms with Crippen molar-refractivity contribution in [2.24, 2.45) is 0 Å². The second-order valence-electron chi connectivity index (χ2n) is 5.50. The van der Waals surface area contributed by atoms with Crippen LogP contribution in [0.1, 0.15) is 29.3 Å². The van der Waals surface area contributed by atoms with Gasteiger partial charge in [-0.25, -0.2) is 0 Å². The predicted molar refractivity (Wildman–Crippen MR) is 102 cm³/mol. The molecule has 0 aromatic heterocycles. The van der Waals surface area contributed by atoms with Crippen LogP contribution in [0.4, 0.5) is 0 Å². The van der Waals surface area contributed by atoms with Crippen LogP contribution in [0.25, 0.3) is 6.08 Å². The molecule has 0 amide bonds. The Morgan fingerprint density at radius 2 is 1.62 bits per heavy atom. The second kappa shape index (κ2) is 9.51. The van der Waals surface area contributed by atoms with Gasteiger partial charge in [0, 0.05) is 0 Å². The van der Waals surface area contributed by atoms with E-state index in [1.54, 1.807) is 18.2 Å². The molecule has 26 heavy (non-hydrogen) atoms. The molecule has 0 saturated heterocycles. The van der Waals surface area contributed by atoms with Gasteiger partial charge in [-0.2, -0.15) is 0 Å². The minimum absolute atomic E-state index is 0.186. The van der Waals surface area contributed by atoms with E-state index in [-0.39, 0.29) is 5.78 Å². The van der Waals surface area contributed by atoms with E-state index in [4.69, 9.17) is 18.9 Å². The summed E-state index contributed by atoms with van der Waals surface area (Å²) in [6, 6.07) is 10.9. The summed E-state index contributed by atoms with van der Waals surface area (Å²) in [6.45, 7) is 2.75. The van der Waals surface area contributed by atoms with Crippen LogP contribution < -0.4 is 18.9 Å². The normalized spacial score (nSPS) is 10.6. The van der Waals surface area contributed by atoms with E-state index in [0.717, 1.165) is 17.7 Å². The Bertz CT molecular complexity index is 763. The number of hydrogen-bond donors (Lipinski definition) is 0. The molecule has 0 spiro atoms. The summed E-state index contributed by atoms with van der Waals surface area (Å²) >= 11 is 0. The second-order valence-corrected chi connectivity index (χ2v) is 5.50. The fourth-order valence-electron chi connectivity index (χ4n) is 2.45. The molecule has 0 unspecified atom stereocenters. The quantitative estimate of drug-likeness (QED) is 0.492. The summed E-state index contributed by atoms with van der Waals surface area (Å²) in [6.07, 6.45) is 4.22. The fraction of sp³-hybridized carbons (Fsp3) is 0.286. The van der Waals surface area contributed by atoms with Crippen LogP contribution in [0.15, 0.2) is 42.5 Å². The highest BCUT2D eigenvalue weighted by atomic mass is 16.5. The first-order chi connectivity index (χ1) is 12.6. The van der Waals surface area contributed by atoms with Crippen molar-refractivity contribution in [3.63, 3.8) is 0 Å². The maximum absolute atomic E-state index is 12.6. The molecule has 0 heterocycles. The van der Waals surface area contributed by atoms with Crippen molar-refractivity contribution in [3.8, 4) is 23.0 Å². The fourth-order valence-corrected chi connectivity index (χ4v) is 2.45. The lowest BCUT2D eigenvalue weighted by Gasteiger charge is -2.14. The lowest BCUT2D eigenvalue weighted by atomic mass is 10.1. The monoisotopic (exact) mass is 356 g/mol.